The molecule has 2 rings (SSSR count). The molecule has 0 aliphatic carbocycles. The van der Waals surface area contributed by atoms with Crippen LogP contribution in [0.4, 0.5) is 0 Å². The first-order valence-corrected chi connectivity index (χ1v) is 5.19. The van der Waals surface area contributed by atoms with Gasteiger partial charge in [-0.1, -0.05) is 30.3 Å². The van der Waals surface area contributed by atoms with Gasteiger partial charge in [-0.25, -0.2) is 0 Å². The molecule has 78 valence electrons. The van der Waals surface area contributed by atoms with Crippen molar-refractivity contribution in [2.45, 2.75) is 18.9 Å². The number of furan rings is 1. The second-order valence-electron chi connectivity index (χ2n) is 3.65. The van der Waals surface area contributed by atoms with Crippen LogP contribution in [0.25, 0.3) is 0 Å². The third-order valence-corrected chi connectivity index (χ3v) is 2.50. The molecule has 2 N–H and O–H groups in total. The molecule has 0 aliphatic rings. The highest BCUT2D eigenvalue weighted by molar-refractivity contribution is 5.15. The Balaban J connectivity index is 1.89. The summed E-state index contributed by atoms with van der Waals surface area (Å²) in [6.45, 7) is 0. The molecule has 2 nitrogen and oxygen atoms in total. The second-order valence-corrected chi connectivity index (χ2v) is 3.65. The zero-order valence-corrected chi connectivity index (χ0v) is 8.60. The lowest BCUT2D eigenvalue weighted by molar-refractivity contribution is 0.452. The standard InChI is InChI=1S/C13H15NO/c14-12(13-7-4-10-15-13)9-8-11-5-2-1-3-6-11/h1-7,10,12H,8-9,14H2/t12-/m0/s1. The Morgan fingerprint density at radius 1 is 1.07 bits per heavy atom. The van der Waals surface area contributed by atoms with Crippen molar-refractivity contribution in [1.29, 1.82) is 0 Å². The number of hydrogen-bond acceptors (Lipinski definition) is 2. The minimum absolute atomic E-state index is 0.000191. The van der Waals surface area contributed by atoms with Crippen molar-refractivity contribution >= 4 is 0 Å². The SMILES string of the molecule is N[C@@H](CCc1ccccc1)c1ccco1. The fraction of sp³-hybridized carbons (Fsp3) is 0.231. The summed E-state index contributed by atoms with van der Waals surface area (Å²) in [5.41, 5.74) is 7.31. The van der Waals surface area contributed by atoms with E-state index in [9.17, 15) is 0 Å². The minimum atomic E-state index is 0.000191. The molecule has 1 aromatic heterocycles. The van der Waals surface area contributed by atoms with E-state index < -0.39 is 0 Å². The Morgan fingerprint density at radius 3 is 2.53 bits per heavy atom. The van der Waals surface area contributed by atoms with E-state index in [4.69, 9.17) is 10.2 Å². The molecule has 0 amide bonds. The largest absolute Gasteiger partial charge is 0.468 e. The Bertz CT molecular complexity index is 380. The summed E-state index contributed by atoms with van der Waals surface area (Å²) in [4.78, 5) is 0. The van der Waals surface area contributed by atoms with Gasteiger partial charge in [0.05, 0.1) is 12.3 Å². The topological polar surface area (TPSA) is 39.2 Å². The van der Waals surface area contributed by atoms with Gasteiger partial charge in [0, 0.05) is 0 Å². The van der Waals surface area contributed by atoms with Crippen LogP contribution in [0.1, 0.15) is 23.8 Å². The average molecular weight is 201 g/mol. The van der Waals surface area contributed by atoms with Crippen molar-refractivity contribution in [2.24, 2.45) is 5.73 Å². The maximum Gasteiger partial charge on any atom is 0.120 e. The maximum atomic E-state index is 5.99. The van der Waals surface area contributed by atoms with E-state index in [1.165, 1.54) is 5.56 Å². The van der Waals surface area contributed by atoms with Crippen LogP contribution in [-0.2, 0) is 6.42 Å². The monoisotopic (exact) mass is 201 g/mol. The van der Waals surface area contributed by atoms with Gasteiger partial charge < -0.3 is 10.2 Å². The van der Waals surface area contributed by atoms with Crippen LogP contribution < -0.4 is 5.73 Å². The van der Waals surface area contributed by atoms with Gasteiger partial charge in [-0.3, -0.25) is 0 Å². The molecule has 0 saturated heterocycles. The molecule has 0 radical (unpaired) electrons. The van der Waals surface area contributed by atoms with Gasteiger partial charge in [-0.15, -0.1) is 0 Å². The second kappa shape index (κ2) is 4.80. The number of nitrogens with two attached hydrogens (primary N) is 1. The van der Waals surface area contributed by atoms with E-state index in [1.54, 1.807) is 6.26 Å². The Labute approximate surface area is 89.7 Å². The van der Waals surface area contributed by atoms with Crippen LogP contribution >= 0.6 is 0 Å². The minimum Gasteiger partial charge on any atom is -0.468 e. The molecule has 0 aliphatic heterocycles. The van der Waals surface area contributed by atoms with Crippen molar-refractivity contribution in [2.75, 3.05) is 0 Å². The van der Waals surface area contributed by atoms with Crippen LogP contribution in [0.5, 0.6) is 0 Å². The van der Waals surface area contributed by atoms with Crippen molar-refractivity contribution in [3.05, 3.63) is 60.1 Å². The maximum absolute atomic E-state index is 5.99. The smallest absolute Gasteiger partial charge is 0.120 e. The zero-order valence-electron chi connectivity index (χ0n) is 8.60. The van der Waals surface area contributed by atoms with Crippen LogP contribution in [0.15, 0.2) is 53.1 Å². The zero-order chi connectivity index (χ0) is 10.5. The highest BCUT2D eigenvalue weighted by atomic mass is 16.3. The van der Waals surface area contributed by atoms with Gasteiger partial charge in [0.2, 0.25) is 0 Å². The molecule has 0 spiro atoms. The van der Waals surface area contributed by atoms with E-state index in [0.717, 1.165) is 18.6 Å². The molecule has 2 heteroatoms. The Morgan fingerprint density at radius 2 is 1.87 bits per heavy atom. The molecule has 0 fully saturated rings. The van der Waals surface area contributed by atoms with Crippen LogP contribution in [0.2, 0.25) is 0 Å². The van der Waals surface area contributed by atoms with E-state index in [2.05, 4.69) is 12.1 Å². The van der Waals surface area contributed by atoms with Gasteiger partial charge in [0.15, 0.2) is 0 Å². The molecule has 1 aromatic carbocycles. The molecular formula is C13H15NO. The number of aryl methyl sites for hydroxylation is 1. The first-order valence-electron chi connectivity index (χ1n) is 5.19. The van der Waals surface area contributed by atoms with E-state index >= 15 is 0 Å². The van der Waals surface area contributed by atoms with Gasteiger partial charge in [-0.2, -0.15) is 0 Å². The van der Waals surface area contributed by atoms with E-state index in [-0.39, 0.29) is 6.04 Å². The lowest BCUT2D eigenvalue weighted by Crippen LogP contribution is -2.10. The lowest BCUT2D eigenvalue weighted by Gasteiger charge is -2.08. The Hall–Kier alpha value is -1.54. The molecule has 2 aromatic rings. The fourth-order valence-electron chi connectivity index (χ4n) is 1.61. The molecule has 0 bridgehead atoms. The number of benzene rings is 1. The summed E-state index contributed by atoms with van der Waals surface area (Å²) in [7, 11) is 0. The summed E-state index contributed by atoms with van der Waals surface area (Å²) < 4.78 is 5.26. The van der Waals surface area contributed by atoms with Crippen molar-refractivity contribution in [1.82, 2.24) is 0 Å². The van der Waals surface area contributed by atoms with Crippen LogP contribution in [-0.4, -0.2) is 0 Å². The Kier molecular flexibility index (Phi) is 3.20. The van der Waals surface area contributed by atoms with E-state index in [0.29, 0.717) is 0 Å². The number of hydrogen-bond donors (Lipinski definition) is 1. The molecule has 0 saturated carbocycles. The predicted octanol–water partition coefficient (Wildman–Crippen LogP) is 2.91. The summed E-state index contributed by atoms with van der Waals surface area (Å²) in [5.74, 6) is 0.867. The van der Waals surface area contributed by atoms with Gasteiger partial charge >= 0.3 is 0 Å². The van der Waals surface area contributed by atoms with Gasteiger partial charge in [-0.05, 0) is 30.5 Å². The van der Waals surface area contributed by atoms with Crippen molar-refractivity contribution < 1.29 is 4.42 Å². The molecule has 1 atom stereocenters. The highest BCUT2D eigenvalue weighted by Crippen LogP contribution is 2.16. The summed E-state index contributed by atoms with van der Waals surface area (Å²) in [5, 5.41) is 0. The van der Waals surface area contributed by atoms with Gasteiger partial charge in [0.1, 0.15) is 5.76 Å². The van der Waals surface area contributed by atoms with Crippen molar-refractivity contribution in [3.8, 4) is 0 Å². The quantitative estimate of drug-likeness (QED) is 0.826. The molecule has 15 heavy (non-hydrogen) atoms. The third kappa shape index (κ3) is 2.70. The number of rotatable bonds is 4. The van der Waals surface area contributed by atoms with E-state index in [1.807, 2.05) is 30.3 Å². The first-order chi connectivity index (χ1) is 7.36. The first kappa shape index (κ1) is 9.99. The van der Waals surface area contributed by atoms with Crippen molar-refractivity contribution in [3.63, 3.8) is 0 Å². The summed E-state index contributed by atoms with van der Waals surface area (Å²) in [6, 6.07) is 14.2. The molecule has 1 heterocycles. The van der Waals surface area contributed by atoms with Gasteiger partial charge in [0.25, 0.3) is 0 Å². The average Bonchev–Trinajstić information content (AvgIpc) is 2.81. The predicted molar refractivity (Wildman–Crippen MR) is 60.4 cm³/mol. The van der Waals surface area contributed by atoms with Crippen LogP contribution in [0, 0.1) is 0 Å². The molecular weight excluding hydrogens is 186 g/mol. The lowest BCUT2D eigenvalue weighted by atomic mass is 10.0. The van der Waals surface area contributed by atoms with Crippen LogP contribution in [0.3, 0.4) is 0 Å². The highest BCUT2D eigenvalue weighted by Gasteiger charge is 2.08. The normalized spacial score (nSPS) is 12.6. The third-order valence-electron chi connectivity index (χ3n) is 2.50. The fourth-order valence-corrected chi connectivity index (χ4v) is 1.61. The summed E-state index contributed by atoms with van der Waals surface area (Å²) in [6.07, 6.45) is 3.57. The molecule has 0 unspecified atom stereocenters. The summed E-state index contributed by atoms with van der Waals surface area (Å²) >= 11 is 0.